The molecule has 0 aromatic carbocycles. The lowest BCUT2D eigenvalue weighted by atomic mass is 9.82. The molecule has 1 amide bonds. The van der Waals surface area contributed by atoms with E-state index >= 15 is 0 Å². The Balaban J connectivity index is 1.43. The van der Waals surface area contributed by atoms with Crippen LogP contribution in [0.2, 0.25) is 0 Å². The van der Waals surface area contributed by atoms with E-state index in [1.807, 2.05) is 0 Å². The molecule has 0 aromatic heterocycles. The number of carbonyl (C=O) groups excluding carboxylic acids is 1. The number of piperidine rings is 1. The van der Waals surface area contributed by atoms with Crippen LogP contribution in [0, 0.1) is 11.3 Å². The maximum absolute atomic E-state index is 12.4. The first-order chi connectivity index (χ1) is 10.7. The minimum Gasteiger partial charge on any atom is -0.385 e. The van der Waals surface area contributed by atoms with Gasteiger partial charge in [-0.1, -0.05) is 12.8 Å². The molecule has 3 fully saturated rings. The van der Waals surface area contributed by atoms with Crippen molar-refractivity contribution in [3.8, 4) is 0 Å². The van der Waals surface area contributed by atoms with Crippen LogP contribution < -0.4 is 10.6 Å². The molecule has 0 spiro atoms. The van der Waals surface area contributed by atoms with Gasteiger partial charge in [0.25, 0.3) is 0 Å². The lowest BCUT2D eigenvalue weighted by Crippen LogP contribution is -2.41. The van der Waals surface area contributed by atoms with Crippen molar-refractivity contribution in [2.45, 2.75) is 76.3 Å². The van der Waals surface area contributed by atoms with Crippen LogP contribution in [0.15, 0.2) is 0 Å². The smallest absolute Gasteiger partial charge is 0.220 e. The molecule has 1 aliphatic carbocycles. The Morgan fingerprint density at radius 3 is 2.55 bits per heavy atom. The van der Waals surface area contributed by atoms with Gasteiger partial charge in [0.05, 0.1) is 0 Å². The summed E-state index contributed by atoms with van der Waals surface area (Å²) in [4.78, 5) is 12.4. The second kappa shape index (κ2) is 7.31. The van der Waals surface area contributed by atoms with Gasteiger partial charge < -0.3 is 15.4 Å². The summed E-state index contributed by atoms with van der Waals surface area (Å²) < 4.78 is 5.27. The van der Waals surface area contributed by atoms with Gasteiger partial charge in [-0.3, -0.25) is 4.79 Å². The van der Waals surface area contributed by atoms with Crippen LogP contribution in [0.3, 0.4) is 0 Å². The summed E-state index contributed by atoms with van der Waals surface area (Å²) in [6.07, 6.45) is 11.9. The molecule has 2 atom stereocenters. The van der Waals surface area contributed by atoms with Gasteiger partial charge in [0, 0.05) is 38.8 Å². The van der Waals surface area contributed by atoms with Gasteiger partial charge in [-0.25, -0.2) is 0 Å². The molecule has 2 aliphatic heterocycles. The highest BCUT2D eigenvalue weighted by Gasteiger charge is 2.36. The van der Waals surface area contributed by atoms with Crippen molar-refractivity contribution in [3.05, 3.63) is 0 Å². The standard InChI is InChI=1S/C18H32N2O2/c1-22-9-8-18(6-2-3-7-18)13-19-17(21)12-14-10-15-4-5-16(11-14)20-15/h14-16,20H,2-13H2,1H3,(H,19,21). The molecule has 0 radical (unpaired) electrons. The van der Waals surface area contributed by atoms with Crippen LogP contribution in [-0.2, 0) is 9.53 Å². The fraction of sp³-hybridized carbons (Fsp3) is 0.944. The molecule has 2 bridgehead atoms. The predicted octanol–water partition coefficient (Wildman–Crippen LogP) is 2.62. The number of hydrogen-bond donors (Lipinski definition) is 2. The van der Waals surface area contributed by atoms with E-state index in [1.54, 1.807) is 7.11 Å². The second-order valence-electron chi connectivity index (χ2n) is 7.91. The first-order valence-electron chi connectivity index (χ1n) is 9.21. The zero-order valence-electron chi connectivity index (χ0n) is 14.0. The largest absolute Gasteiger partial charge is 0.385 e. The maximum atomic E-state index is 12.4. The number of hydrogen-bond acceptors (Lipinski definition) is 3. The highest BCUT2D eigenvalue weighted by molar-refractivity contribution is 5.76. The third-order valence-corrected chi connectivity index (χ3v) is 6.21. The Bertz CT molecular complexity index is 367. The molecule has 2 unspecified atom stereocenters. The minimum absolute atomic E-state index is 0.273. The summed E-state index contributed by atoms with van der Waals surface area (Å²) in [5, 5.41) is 6.91. The van der Waals surface area contributed by atoms with E-state index in [9.17, 15) is 4.79 Å². The van der Waals surface area contributed by atoms with E-state index in [0.717, 1.165) is 26.0 Å². The number of methoxy groups -OCH3 is 1. The fourth-order valence-corrected chi connectivity index (χ4v) is 4.92. The molecular weight excluding hydrogens is 276 g/mol. The van der Waals surface area contributed by atoms with E-state index in [1.165, 1.54) is 51.4 Å². The van der Waals surface area contributed by atoms with Crippen molar-refractivity contribution in [1.82, 2.24) is 10.6 Å². The number of amides is 1. The second-order valence-corrected chi connectivity index (χ2v) is 7.91. The Morgan fingerprint density at radius 1 is 1.23 bits per heavy atom. The molecule has 2 saturated heterocycles. The lowest BCUT2D eigenvalue weighted by Gasteiger charge is -2.31. The van der Waals surface area contributed by atoms with Crippen LogP contribution in [0.1, 0.15) is 64.2 Å². The quantitative estimate of drug-likeness (QED) is 0.760. The monoisotopic (exact) mass is 308 g/mol. The number of nitrogens with one attached hydrogen (secondary N) is 2. The molecule has 4 heteroatoms. The molecule has 3 rings (SSSR count). The molecular formula is C18H32N2O2. The zero-order chi connectivity index (χ0) is 15.4. The number of rotatable bonds is 7. The Hall–Kier alpha value is -0.610. The summed E-state index contributed by atoms with van der Waals surface area (Å²) in [5.74, 6) is 0.868. The predicted molar refractivity (Wildman–Crippen MR) is 87.7 cm³/mol. The Labute approximate surface area is 134 Å². The van der Waals surface area contributed by atoms with Gasteiger partial charge in [0.2, 0.25) is 5.91 Å². The van der Waals surface area contributed by atoms with Gasteiger partial charge >= 0.3 is 0 Å². The summed E-state index contributed by atoms with van der Waals surface area (Å²) in [5.41, 5.74) is 0.304. The van der Waals surface area contributed by atoms with Crippen molar-refractivity contribution >= 4 is 5.91 Å². The van der Waals surface area contributed by atoms with E-state index in [2.05, 4.69) is 10.6 Å². The van der Waals surface area contributed by atoms with Gasteiger partial charge in [-0.15, -0.1) is 0 Å². The first kappa shape index (κ1) is 16.3. The minimum atomic E-state index is 0.273. The molecule has 3 aliphatic rings. The van der Waals surface area contributed by atoms with Gasteiger partial charge in [0.15, 0.2) is 0 Å². The van der Waals surface area contributed by atoms with E-state index in [4.69, 9.17) is 4.74 Å². The number of carbonyl (C=O) groups is 1. The zero-order valence-corrected chi connectivity index (χ0v) is 14.0. The average molecular weight is 308 g/mol. The molecule has 126 valence electrons. The van der Waals surface area contributed by atoms with Gasteiger partial charge in [-0.05, 0) is 56.3 Å². The fourth-order valence-electron chi connectivity index (χ4n) is 4.92. The molecule has 4 nitrogen and oxygen atoms in total. The Kier molecular flexibility index (Phi) is 5.40. The third-order valence-electron chi connectivity index (χ3n) is 6.21. The molecule has 22 heavy (non-hydrogen) atoms. The lowest BCUT2D eigenvalue weighted by molar-refractivity contribution is -0.122. The first-order valence-corrected chi connectivity index (χ1v) is 9.21. The Morgan fingerprint density at radius 2 is 1.91 bits per heavy atom. The summed E-state index contributed by atoms with van der Waals surface area (Å²) >= 11 is 0. The van der Waals surface area contributed by atoms with E-state index < -0.39 is 0 Å². The summed E-state index contributed by atoms with van der Waals surface area (Å²) in [7, 11) is 1.77. The molecule has 0 aromatic rings. The van der Waals surface area contributed by atoms with Gasteiger partial charge in [0.1, 0.15) is 0 Å². The van der Waals surface area contributed by atoms with Crippen molar-refractivity contribution < 1.29 is 9.53 Å². The van der Waals surface area contributed by atoms with Crippen molar-refractivity contribution in [2.24, 2.45) is 11.3 Å². The van der Waals surface area contributed by atoms with Crippen molar-refractivity contribution in [2.75, 3.05) is 20.3 Å². The highest BCUT2D eigenvalue weighted by atomic mass is 16.5. The highest BCUT2D eigenvalue weighted by Crippen LogP contribution is 2.40. The molecule has 2 heterocycles. The average Bonchev–Trinajstić information content (AvgIpc) is 3.11. The summed E-state index contributed by atoms with van der Waals surface area (Å²) in [6.45, 7) is 1.67. The summed E-state index contributed by atoms with van der Waals surface area (Å²) in [6, 6.07) is 1.36. The molecule has 1 saturated carbocycles. The SMILES string of the molecule is COCCC1(CNC(=O)CC2CC3CCC(C2)N3)CCCC1. The number of fused-ring (bicyclic) bond motifs is 2. The number of ether oxygens (including phenoxy) is 1. The van der Waals surface area contributed by atoms with Crippen LogP contribution in [0.4, 0.5) is 0 Å². The topological polar surface area (TPSA) is 50.4 Å². The van der Waals surface area contributed by atoms with Crippen LogP contribution in [-0.4, -0.2) is 38.3 Å². The van der Waals surface area contributed by atoms with Gasteiger partial charge in [-0.2, -0.15) is 0 Å². The van der Waals surface area contributed by atoms with E-state index in [0.29, 0.717) is 23.4 Å². The molecule has 2 N–H and O–H groups in total. The third kappa shape index (κ3) is 4.02. The normalized spacial score (nSPS) is 33.0. The van der Waals surface area contributed by atoms with Crippen LogP contribution in [0.5, 0.6) is 0 Å². The van der Waals surface area contributed by atoms with Crippen LogP contribution in [0.25, 0.3) is 0 Å². The van der Waals surface area contributed by atoms with Crippen LogP contribution >= 0.6 is 0 Å². The van der Waals surface area contributed by atoms with Crippen molar-refractivity contribution in [1.29, 1.82) is 0 Å². The maximum Gasteiger partial charge on any atom is 0.220 e. The van der Waals surface area contributed by atoms with Crippen molar-refractivity contribution in [3.63, 3.8) is 0 Å². The van der Waals surface area contributed by atoms with E-state index in [-0.39, 0.29) is 5.91 Å².